The fourth-order valence-corrected chi connectivity index (χ4v) is 1.70. The highest BCUT2D eigenvalue weighted by atomic mass is 16.2. The molecule has 1 saturated heterocycles. The number of aromatic nitrogens is 2. The molecule has 0 spiro atoms. The van der Waals surface area contributed by atoms with Crippen LogP contribution in [0.25, 0.3) is 0 Å². The first-order valence-electron chi connectivity index (χ1n) is 4.90. The van der Waals surface area contributed by atoms with Crippen LogP contribution < -0.4 is 4.90 Å². The van der Waals surface area contributed by atoms with Crippen LogP contribution in [0.1, 0.15) is 12.1 Å². The van der Waals surface area contributed by atoms with E-state index in [0.717, 1.165) is 0 Å². The van der Waals surface area contributed by atoms with Crippen molar-refractivity contribution in [2.45, 2.75) is 6.42 Å². The van der Waals surface area contributed by atoms with E-state index >= 15 is 0 Å². The van der Waals surface area contributed by atoms with Crippen molar-refractivity contribution in [2.75, 3.05) is 11.4 Å². The zero-order valence-corrected chi connectivity index (χ0v) is 8.63. The number of nitrogens with zero attached hydrogens (tertiary/aromatic N) is 4. The summed E-state index contributed by atoms with van der Waals surface area (Å²) >= 11 is 0. The average Bonchev–Trinajstić information content (AvgIpc) is 2.70. The van der Waals surface area contributed by atoms with Gasteiger partial charge in [0.05, 0.1) is 0 Å². The van der Waals surface area contributed by atoms with Crippen molar-refractivity contribution >= 4 is 11.7 Å². The Morgan fingerprint density at radius 1 is 1.56 bits per heavy atom. The Kier molecular flexibility index (Phi) is 2.64. The van der Waals surface area contributed by atoms with E-state index in [1.807, 2.05) is 6.07 Å². The van der Waals surface area contributed by atoms with Crippen molar-refractivity contribution < 1.29 is 4.79 Å². The van der Waals surface area contributed by atoms with Gasteiger partial charge >= 0.3 is 0 Å². The van der Waals surface area contributed by atoms with E-state index in [4.69, 9.17) is 5.26 Å². The number of nitriles is 1. The summed E-state index contributed by atoms with van der Waals surface area (Å²) in [7, 11) is 0. The Balaban J connectivity index is 2.35. The zero-order valence-electron chi connectivity index (χ0n) is 8.63. The summed E-state index contributed by atoms with van der Waals surface area (Å²) in [5.41, 5.74) is 0.181. The van der Waals surface area contributed by atoms with Gasteiger partial charge in [-0.2, -0.15) is 5.26 Å². The van der Waals surface area contributed by atoms with Gasteiger partial charge < -0.3 is 0 Å². The third-order valence-electron chi connectivity index (χ3n) is 2.53. The van der Waals surface area contributed by atoms with Crippen molar-refractivity contribution in [2.24, 2.45) is 5.92 Å². The Labute approximate surface area is 93.0 Å². The predicted molar refractivity (Wildman–Crippen MR) is 57.4 cm³/mol. The molecule has 2 rings (SSSR count). The second kappa shape index (κ2) is 4.11. The Bertz CT molecular complexity index is 477. The molecule has 0 aromatic carbocycles. The van der Waals surface area contributed by atoms with Crippen LogP contribution in [-0.2, 0) is 4.79 Å². The molecule has 5 nitrogen and oxygen atoms in total. The third-order valence-corrected chi connectivity index (χ3v) is 2.53. The molecular weight excluding hydrogens is 204 g/mol. The number of hydrogen-bond acceptors (Lipinski definition) is 4. The van der Waals surface area contributed by atoms with Gasteiger partial charge in [0.25, 0.3) is 0 Å². The van der Waals surface area contributed by atoms with Gasteiger partial charge in [0, 0.05) is 31.3 Å². The third kappa shape index (κ3) is 1.65. The summed E-state index contributed by atoms with van der Waals surface area (Å²) in [5.74, 6) is 0.433. The second-order valence-electron chi connectivity index (χ2n) is 3.54. The number of hydrogen-bond donors (Lipinski definition) is 0. The van der Waals surface area contributed by atoms with E-state index in [1.54, 1.807) is 6.08 Å². The first-order chi connectivity index (χ1) is 7.76. The molecule has 2 heterocycles. The molecule has 1 aromatic rings. The van der Waals surface area contributed by atoms with E-state index in [-0.39, 0.29) is 17.5 Å². The number of carbonyl (C=O) groups excluding carboxylic acids is 1. The fraction of sp³-hybridized carbons (Fsp3) is 0.273. The van der Waals surface area contributed by atoms with Gasteiger partial charge in [0.2, 0.25) is 5.91 Å². The molecule has 0 N–H and O–H groups in total. The van der Waals surface area contributed by atoms with Crippen molar-refractivity contribution in [3.05, 3.63) is 30.7 Å². The molecule has 0 bridgehead atoms. The molecule has 1 fully saturated rings. The minimum Gasteiger partial charge on any atom is -0.294 e. The van der Waals surface area contributed by atoms with E-state index in [0.29, 0.717) is 18.8 Å². The first-order valence-corrected chi connectivity index (χ1v) is 4.90. The molecule has 1 aliphatic rings. The molecule has 16 heavy (non-hydrogen) atoms. The van der Waals surface area contributed by atoms with Gasteiger partial charge in [-0.15, -0.1) is 6.58 Å². The topological polar surface area (TPSA) is 69.9 Å². The molecular formula is C11H10N4O. The van der Waals surface area contributed by atoms with Gasteiger partial charge in [-0.25, -0.2) is 9.97 Å². The monoisotopic (exact) mass is 214 g/mol. The first kappa shape index (κ1) is 10.3. The summed E-state index contributed by atoms with van der Waals surface area (Å²) < 4.78 is 0. The molecule has 5 heteroatoms. The van der Waals surface area contributed by atoms with Gasteiger partial charge in [0.1, 0.15) is 6.07 Å². The lowest BCUT2D eigenvalue weighted by atomic mass is 10.1. The average molecular weight is 214 g/mol. The number of rotatable bonds is 2. The lowest BCUT2D eigenvalue weighted by molar-refractivity contribution is -0.117. The second-order valence-corrected chi connectivity index (χ2v) is 3.54. The van der Waals surface area contributed by atoms with Crippen LogP contribution in [0, 0.1) is 17.2 Å². The van der Waals surface area contributed by atoms with Crippen molar-refractivity contribution in [3.8, 4) is 6.07 Å². The van der Waals surface area contributed by atoms with Crippen molar-refractivity contribution in [3.63, 3.8) is 0 Å². The Morgan fingerprint density at radius 2 is 2.31 bits per heavy atom. The number of amides is 1. The van der Waals surface area contributed by atoms with Crippen LogP contribution in [0.3, 0.4) is 0 Å². The van der Waals surface area contributed by atoms with Crippen LogP contribution in [-0.4, -0.2) is 22.4 Å². The summed E-state index contributed by atoms with van der Waals surface area (Å²) in [6, 6.07) is 1.93. The minimum absolute atomic E-state index is 0.0399. The normalized spacial score (nSPS) is 19.6. The quantitative estimate of drug-likeness (QED) is 0.685. The summed E-state index contributed by atoms with van der Waals surface area (Å²) in [4.78, 5) is 21.1. The highest BCUT2D eigenvalue weighted by Gasteiger charge is 2.31. The van der Waals surface area contributed by atoms with Crippen LogP contribution in [0.5, 0.6) is 0 Å². The molecule has 1 aliphatic heterocycles. The van der Waals surface area contributed by atoms with Crippen LogP contribution in [0.4, 0.5) is 5.82 Å². The fourth-order valence-electron chi connectivity index (χ4n) is 1.70. The largest absolute Gasteiger partial charge is 0.294 e. The molecule has 0 radical (unpaired) electrons. The molecule has 0 saturated carbocycles. The van der Waals surface area contributed by atoms with E-state index in [2.05, 4.69) is 16.5 Å². The van der Waals surface area contributed by atoms with Crippen LogP contribution in [0.2, 0.25) is 0 Å². The van der Waals surface area contributed by atoms with Gasteiger partial charge in [0.15, 0.2) is 11.5 Å². The maximum Gasteiger partial charge on any atom is 0.228 e. The zero-order chi connectivity index (χ0) is 11.5. The minimum atomic E-state index is -0.0399. The molecule has 1 atom stereocenters. The maximum absolute atomic E-state index is 11.7. The maximum atomic E-state index is 11.7. The van der Waals surface area contributed by atoms with E-state index < -0.39 is 0 Å². The predicted octanol–water partition coefficient (Wildman–Crippen LogP) is 0.887. The number of anilines is 1. The summed E-state index contributed by atoms with van der Waals surface area (Å²) in [5, 5.41) is 8.88. The molecule has 1 unspecified atom stereocenters. The van der Waals surface area contributed by atoms with Crippen molar-refractivity contribution in [1.82, 2.24) is 9.97 Å². The SMILES string of the molecule is C=CC1CC(=O)N(c2nccnc2C#N)C1. The van der Waals surface area contributed by atoms with Crippen LogP contribution >= 0.6 is 0 Å². The lowest BCUT2D eigenvalue weighted by Crippen LogP contribution is -2.26. The molecule has 1 aromatic heterocycles. The lowest BCUT2D eigenvalue weighted by Gasteiger charge is -2.14. The Hall–Kier alpha value is -2.22. The van der Waals surface area contributed by atoms with Gasteiger partial charge in [-0.05, 0) is 0 Å². The van der Waals surface area contributed by atoms with E-state index in [1.165, 1.54) is 17.3 Å². The highest BCUT2D eigenvalue weighted by Crippen LogP contribution is 2.25. The summed E-state index contributed by atoms with van der Waals surface area (Å²) in [6.07, 6.45) is 5.09. The van der Waals surface area contributed by atoms with Gasteiger partial charge in [-0.3, -0.25) is 9.69 Å². The molecule has 1 amide bonds. The molecule has 0 aliphatic carbocycles. The van der Waals surface area contributed by atoms with Crippen LogP contribution in [0.15, 0.2) is 25.0 Å². The van der Waals surface area contributed by atoms with Gasteiger partial charge in [-0.1, -0.05) is 6.08 Å². The van der Waals surface area contributed by atoms with E-state index in [9.17, 15) is 4.79 Å². The standard InChI is InChI=1S/C11H10N4O/c1-2-8-5-10(16)15(7-8)11-9(6-12)13-3-4-14-11/h2-4,8H,1,5,7H2. The number of carbonyl (C=O) groups is 1. The smallest absolute Gasteiger partial charge is 0.228 e. The summed E-state index contributed by atoms with van der Waals surface area (Å²) in [6.45, 7) is 4.19. The van der Waals surface area contributed by atoms with Crippen molar-refractivity contribution in [1.29, 1.82) is 5.26 Å². The Morgan fingerprint density at radius 3 is 2.94 bits per heavy atom. The molecule has 80 valence electrons. The highest BCUT2D eigenvalue weighted by molar-refractivity contribution is 5.95.